The van der Waals surface area contributed by atoms with Gasteiger partial charge in [-0.1, -0.05) is 11.8 Å². The van der Waals surface area contributed by atoms with Gasteiger partial charge in [0.25, 0.3) is 0 Å². The predicted octanol–water partition coefficient (Wildman–Crippen LogP) is 1.24. The van der Waals surface area contributed by atoms with Crippen LogP contribution >= 0.6 is 0 Å². The molecule has 0 aliphatic carbocycles. The van der Waals surface area contributed by atoms with E-state index >= 15 is 0 Å². The number of nitrogens with one attached hydrogen (secondary N) is 1. The third-order valence-corrected chi connectivity index (χ3v) is 1.55. The first kappa shape index (κ1) is 10.5. The number of rotatable bonds is 1. The number of halogens is 2. The Bertz CT molecular complexity index is 393. The highest BCUT2D eigenvalue weighted by Gasteiger charge is 2.10. The first-order valence-electron chi connectivity index (χ1n) is 3.97. The molecule has 1 aromatic rings. The smallest absolute Gasteiger partial charge is 0.201 e. The fourth-order valence-corrected chi connectivity index (χ4v) is 0.864. The summed E-state index contributed by atoms with van der Waals surface area (Å²) in [4.78, 5) is 0. The summed E-state index contributed by atoms with van der Waals surface area (Å²) in [5.41, 5.74) is -0.0597. The van der Waals surface area contributed by atoms with Crippen LogP contribution in [0.15, 0.2) is 12.1 Å². The first-order valence-corrected chi connectivity index (χ1v) is 3.97. The second-order valence-electron chi connectivity index (χ2n) is 2.59. The van der Waals surface area contributed by atoms with Crippen molar-refractivity contribution in [1.29, 1.82) is 0 Å². The number of benzene rings is 1. The molecule has 2 N–H and O–H groups in total. The van der Waals surface area contributed by atoms with E-state index in [1.165, 1.54) is 6.07 Å². The summed E-state index contributed by atoms with van der Waals surface area (Å²) in [6.45, 7) is 0.391. The van der Waals surface area contributed by atoms with Gasteiger partial charge in [-0.05, 0) is 19.2 Å². The Balaban J connectivity index is 3.02. The summed E-state index contributed by atoms with van der Waals surface area (Å²) in [6.07, 6.45) is 0. The van der Waals surface area contributed by atoms with E-state index < -0.39 is 17.4 Å². The maximum absolute atomic E-state index is 13.0. The summed E-state index contributed by atoms with van der Waals surface area (Å²) in [7, 11) is 1.70. The second-order valence-corrected chi connectivity index (χ2v) is 2.59. The first-order chi connectivity index (χ1) is 6.66. The molecule has 0 aliphatic rings. The molecule has 0 heterocycles. The van der Waals surface area contributed by atoms with E-state index in [2.05, 4.69) is 17.2 Å². The van der Waals surface area contributed by atoms with Gasteiger partial charge in [-0.15, -0.1) is 0 Å². The van der Waals surface area contributed by atoms with Gasteiger partial charge in [0, 0.05) is 0 Å². The summed E-state index contributed by atoms with van der Waals surface area (Å²) in [5, 5.41) is 11.6. The summed E-state index contributed by atoms with van der Waals surface area (Å²) < 4.78 is 25.8. The Kier molecular flexibility index (Phi) is 3.43. The minimum atomic E-state index is -1.26. The summed E-state index contributed by atoms with van der Waals surface area (Å²) in [5.74, 6) is 1.95. The van der Waals surface area contributed by atoms with Crippen LogP contribution in [0.4, 0.5) is 8.78 Å². The average molecular weight is 197 g/mol. The van der Waals surface area contributed by atoms with E-state index in [1.54, 1.807) is 7.05 Å². The van der Waals surface area contributed by atoms with Crippen LogP contribution in [0.5, 0.6) is 5.75 Å². The van der Waals surface area contributed by atoms with E-state index in [4.69, 9.17) is 5.11 Å². The molecule has 2 nitrogen and oxygen atoms in total. The van der Waals surface area contributed by atoms with Crippen LogP contribution in [0.2, 0.25) is 0 Å². The summed E-state index contributed by atoms with van der Waals surface area (Å²) in [6, 6.07) is 2.30. The average Bonchev–Trinajstić information content (AvgIpc) is 2.18. The van der Waals surface area contributed by atoms with Gasteiger partial charge in [0.05, 0.1) is 12.1 Å². The molecule has 0 fully saturated rings. The van der Waals surface area contributed by atoms with E-state index in [0.717, 1.165) is 6.07 Å². The van der Waals surface area contributed by atoms with E-state index in [1.807, 2.05) is 0 Å². The van der Waals surface area contributed by atoms with Crippen LogP contribution in [-0.4, -0.2) is 18.7 Å². The highest BCUT2D eigenvalue weighted by Crippen LogP contribution is 2.20. The van der Waals surface area contributed by atoms with Crippen molar-refractivity contribution < 1.29 is 13.9 Å². The molecule has 0 radical (unpaired) electrons. The lowest BCUT2D eigenvalue weighted by molar-refractivity contribution is 0.406. The zero-order chi connectivity index (χ0) is 10.6. The zero-order valence-corrected chi connectivity index (χ0v) is 7.56. The van der Waals surface area contributed by atoms with Gasteiger partial charge in [0.1, 0.15) is 0 Å². The maximum Gasteiger partial charge on any atom is 0.201 e. The van der Waals surface area contributed by atoms with Gasteiger partial charge in [-0.3, -0.25) is 0 Å². The van der Waals surface area contributed by atoms with Gasteiger partial charge >= 0.3 is 0 Å². The normalized spacial score (nSPS) is 9.36. The topological polar surface area (TPSA) is 32.3 Å². The Morgan fingerprint density at radius 1 is 1.36 bits per heavy atom. The second kappa shape index (κ2) is 4.58. The van der Waals surface area contributed by atoms with Gasteiger partial charge in [-0.25, -0.2) is 4.39 Å². The lowest BCUT2D eigenvalue weighted by atomic mass is 10.2. The van der Waals surface area contributed by atoms with Crippen molar-refractivity contribution in [2.45, 2.75) is 0 Å². The summed E-state index contributed by atoms with van der Waals surface area (Å²) >= 11 is 0. The van der Waals surface area contributed by atoms with Crippen molar-refractivity contribution in [2.75, 3.05) is 13.6 Å². The van der Waals surface area contributed by atoms with Crippen molar-refractivity contribution in [3.63, 3.8) is 0 Å². The van der Waals surface area contributed by atoms with Crippen molar-refractivity contribution >= 4 is 0 Å². The van der Waals surface area contributed by atoms with Gasteiger partial charge in [0.2, 0.25) is 5.82 Å². The van der Waals surface area contributed by atoms with Crippen LogP contribution in [0.3, 0.4) is 0 Å². The molecule has 1 rings (SSSR count). The van der Waals surface area contributed by atoms with E-state index in [-0.39, 0.29) is 5.56 Å². The Morgan fingerprint density at radius 2 is 2.07 bits per heavy atom. The molecule has 14 heavy (non-hydrogen) atoms. The lowest BCUT2D eigenvalue weighted by Gasteiger charge is -1.98. The molecular weight excluding hydrogens is 188 g/mol. The molecule has 74 valence electrons. The van der Waals surface area contributed by atoms with Crippen LogP contribution in [0, 0.1) is 23.5 Å². The van der Waals surface area contributed by atoms with Crippen molar-refractivity contribution in [3.05, 3.63) is 29.3 Å². The molecule has 0 aromatic heterocycles. The Morgan fingerprint density at radius 3 is 2.71 bits per heavy atom. The fourth-order valence-electron chi connectivity index (χ4n) is 0.864. The van der Waals surface area contributed by atoms with Crippen LogP contribution in [0.25, 0.3) is 0 Å². The minimum absolute atomic E-state index is 0.0597. The highest BCUT2D eigenvalue weighted by atomic mass is 19.2. The highest BCUT2D eigenvalue weighted by molar-refractivity contribution is 5.40. The lowest BCUT2D eigenvalue weighted by Crippen LogP contribution is -2.04. The quantitative estimate of drug-likeness (QED) is 0.664. The number of phenolic OH excluding ortho intramolecular Hbond substituents is 1. The molecule has 4 heteroatoms. The molecule has 0 unspecified atom stereocenters. The van der Waals surface area contributed by atoms with Gasteiger partial charge < -0.3 is 10.4 Å². The third-order valence-electron chi connectivity index (χ3n) is 1.55. The number of phenols is 1. The Labute approximate surface area is 80.6 Å². The fraction of sp³-hybridized carbons (Fsp3) is 0.200. The number of hydrogen-bond acceptors (Lipinski definition) is 2. The molecule has 0 bridgehead atoms. The zero-order valence-electron chi connectivity index (χ0n) is 7.56. The molecule has 0 saturated carbocycles. The predicted molar refractivity (Wildman–Crippen MR) is 48.8 cm³/mol. The Hall–Kier alpha value is -1.60. The molecule has 0 saturated heterocycles. The largest absolute Gasteiger partial charge is 0.505 e. The van der Waals surface area contributed by atoms with E-state index in [9.17, 15) is 8.78 Å². The van der Waals surface area contributed by atoms with Crippen molar-refractivity contribution in [3.8, 4) is 17.6 Å². The standard InChI is InChI=1S/C10H9F2NO/c1-13-6-2-3-7-4-5-8(14)10(12)9(7)11/h4-5,13-14H,6H2,1H3. The number of hydrogen-bond donors (Lipinski definition) is 2. The molecule has 1 aromatic carbocycles. The molecule has 0 aliphatic heterocycles. The van der Waals surface area contributed by atoms with E-state index in [0.29, 0.717) is 6.54 Å². The van der Waals surface area contributed by atoms with Crippen LogP contribution in [0.1, 0.15) is 5.56 Å². The van der Waals surface area contributed by atoms with Crippen LogP contribution in [-0.2, 0) is 0 Å². The molecule has 0 spiro atoms. The molecule has 0 amide bonds. The SMILES string of the molecule is CNCC#Cc1ccc(O)c(F)c1F. The monoisotopic (exact) mass is 197 g/mol. The molecular formula is C10H9F2NO. The third kappa shape index (κ3) is 2.21. The number of aromatic hydroxyl groups is 1. The van der Waals surface area contributed by atoms with Crippen LogP contribution < -0.4 is 5.32 Å². The van der Waals surface area contributed by atoms with Gasteiger partial charge in [0.15, 0.2) is 11.6 Å². The minimum Gasteiger partial charge on any atom is -0.505 e. The maximum atomic E-state index is 13.0. The van der Waals surface area contributed by atoms with Crippen molar-refractivity contribution in [1.82, 2.24) is 5.32 Å². The van der Waals surface area contributed by atoms with Crippen molar-refractivity contribution in [2.24, 2.45) is 0 Å². The van der Waals surface area contributed by atoms with Gasteiger partial charge in [-0.2, -0.15) is 4.39 Å². The molecule has 0 atom stereocenters.